The van der Waals surface area contributed by atoms with E-state index in [2.05, 4.69) is 6.58 Å². The first-order chi connectivity index (χ1) is 5.08. The van der Waals surface area contributed by atoms with E-state index < -0.39 is 8.03 Å². The largest absolute Gasteiger partial charge is 0.505 e. The second-order valence-corrected chi connectivity index (χ2v) is 4.26. The summed E-state index contributed by atoms with van der Waals surface area (Å²) in [5.41, 5.74) is 5.63. The molecule has 0 aromatic rings. The highest BCUT2D eigenvalue weighted by Crippen LogP contribution is 2.45. The highest BCUT2D eigenvalue weighted by molar-refractivity contribution is 7.37. The maximum Gasteiger partial charge on any atom is 0.505 e. The van der Waals surface area contributed by atoms with Crippen molar-refractivity contribution in [3.63, 3.8) is 0 Å². The fraction of sp³-hybridized carbons (Fsp3) is 0.714. The minimum atomic E-state index is -2.01. The summed E-state index contributed by atoms with van der Waals surface area (Å²) in [6.45, 7) is 3.63. The lowest BCUT2D eigenvalue weighted by Gasteiger charge is -2.03. The van der Waals surface area contributed by atoms with Crippen LogP contribution in [0.4, 0.5) is 0 Å². The second-order valence-electron chi connectivity index (χ2n) is 3.11. The third kappa shape index (κ3) is 2.09. The average molecular weight is 174 g/mol. The van der Waals surface area contributed by atoms with Crippen LogP contribution >= 0.6 is 8.03 Å². The number of hydrogen-bond acceptors (Lipinski definition) is 2. The Balaban J connectivity index is 2.28. The van der Waals surface area contributed by atoms with Crippen molar-refractivity contribution in [1.82, 2.24) is 0 Å². The van der Waals surface area contributed by atoms with Gasteiger partial charge in [0.2, 0.25) is 0 Å². The zero-order chi connectivity index (χ0) is 8.48. The van der Waals surface area contributed by atoms with Gasteiger partial charge in [0.1, 0.15) is 0 Å². The molecule has 0 aliphatic heterocycles. The van der Waals surface area contributed by atoms with Gasteiger partial charge in [-0.15, -0.1) is 6.58 Å². The van der Waals surface area contributed by atoms with Gasteiger partial charge in [-0.1, -0.05) is 6.08 Å². The molecule has 1 rings (SSSR count). The van der Waals surface area contributed by atoms with Crippen LogP contribution in [0.15, 0.2) is 12.7 Å². The summed E-state index contributed by atoms with van der Waals surface area (Å²) in [5.74, 6) is 0.359. The molecule has 3 N–H and O–H groups in total. The predicted octanol–water partition coefficient (Wildman–Crippen LogP) is 1.01. The number of nitrogens with two attached hydrogens (primary N) is 1. The van der Waals surface area contributed by atoms with Crippen LogP contribution in [0.2, 0.25) is 0 Å². The quantitative estimate of drug-likeness (QED) is 0.494. The first-order valence-corrected chi connectivity index (χ1v) is 5.03. The molecule has 0 spiro atoms. The van der Waals surface area contributed by atoms with E-state index in [1.54, 1.807) is 0 Å². The van der Waals surface area contributed by atoms with Crippen LogP contribution in [0.5, 0.6) is 0 Å². The molecule has 3 atom stereocenters. The van der Waals surface area contributed by atoms with Gasteiger partial charge in [-0.2, -0.15) is 4.89 Å². The van der Waals surface area contributed by atoms with Gasteiger partial charge >= 0.3 is 8.03 Å². The zero-order valence-electron chi connectivity index (χ0n) is 6.36. The molecule has 0 bridgehead atoms. The van der Waals surface area contributed by atoms with Crippen molar-refractivity contribution in [2.75, 3.05) is 6.16 Å². The Kier molecular flexibility index (Phi) is 2.43. The molecule has 3 nitrogen and oxygen atoms in total. The van der Waals surface area contributed by atoms with Gasteiger partial charge in [-0.25, -0.2) is 0 Å². The molecular weight excluding hydrogens is 161 g/mol. The Labute approximate surface area is 67.2 Å². The Morgan fingerprint density at radius 1 is 1.91 bits per heavy atom. The van der Waals surface area contributed by atoms with Gasteiger partial charge in [-0.3, -0.25) is 0 Å². The van der Waals surface area contributed by atoms with Crippen LogP contribution in [0.25, 0.3) is 0 Å². The van der Waals surface area contributed by atoms with E-state index in [1.807, 2.05) is 6.08 Å². The van der Waals surface area contributed by atoms with Crippen LogP contribution < -0.4 is 5.73 Å². The first kappa shape index (κ1) is 8.85. The topological polar surface area (TPSA) is 63.3 Å². The maximum absolute atomic E-state index is 10.3. The fourth-order valence-electron chi connectivity index (χ4n) is 1.26. The van der Waals surface area contributed by atoms with Gasteiger partial charge < -0.3 is 5.73 Å². The molecule has 0 radical (unpaired) electrons. The van der Waals surface area contributed by atoms with E-state index in [4.69, 9.17) is 10.6 Å². The Bertz CT molecular complexity index is 195. The van der Waals surface area contributed by atoms with E-state index in [1.165, 1.54) is 0 Å². The standard InChI is InChI=1S/C7H12NO2P/c1-2-6-5-7(6,8)3-4-11(9)10/h2,6H,1,3-5,8H2/p+1/t6-,7+/m0/s1. The molecule has 0 saturated heterocycles. The van der Waals surface area contributed by atoms with Crippen molar-refractivity contribution in [3.8, 4) is 0 Å². The Hall–Kier alpha value is -0.240. The minimum Gasteiger partial charge on any atom is -0.324 e. The lowest BCUT2D eigenvalue weighted by molar-refractivity contribution is 0.494. The van der Waals surface area contributed by atoms with E-state index in [9.17, 15) is 4.57 Å². The third-order valence-corrected chi connectivity index (χ3v) is 2.84. The zero-order valence-corrected chi connectivity index (χ0v) is 7.26. The van der Waals surface area contributed by atoms with E-state index in [-0.39, 0.29) is 5.54 Å². The van der Waals surface area contributed by atoms with Gasteiger partial charge in [0.05, 0.1) is 0 Å². The third-order valence-electron chi connectivity index (χ3n) is 2.23. The van der Waals surface area contributed by atoms with Crippen molar-refractivity contribution < 1.29 is 9.46 Å². The van der Waals surface area contributed by atoms with Gasteiger partial charge in [0, 0.05) is 12.0 Å². The molecule has 0 heterocycles. The van der Waals surface area contributed by atoms with Crippen LogP contribution in [-0.2, 0) is 4.57 Å². The van der Waals surface area contributed by atoms with E-state index >= 15 is 0 Å². The molecule has 0 amide bonds. The molecule has 0 aromatic carbocycles. The smallest absolute Gasteiger partial charge is 0.324 e. The van der Waals surface area contributed by atoms with Gasteiger partial charge in [0.25, 0.3) is 0 Å². The fourth-order valence-corrected chi connectivity index (χ4v) is 1.87. The monoisotopic (exact) mass is 174 g/mol. The molecule has 1 unspecified atom stereocenters. The highest BCUT2D eigenvalue weighted by Gasteiger charge is 2.49. The van der Waals surface area contributed by atoms with Gasteiger partial charge in [-0.05, 0) is 16.9 Å². The summed E-state index contributed by atoms with van der Waals surface area (Å²) in [6.07, 6.45) is 3.69. The van der Waals surface area contributed by atoms with Crippen LogP contribution in [-0.4, -0.2) is 16.6 Å². The van der Waals surface area contributed by atoms with Crippen molar-refractivity contribution >= 4 is 8.03 Å². The molecular formula is C7H13NO2P+. The second kappa shape index (κ2) is 3.02. The maximum atomic E-state index is 10.3. The SMILES string of the molecule is C=C[C@H]1C[C@]1(N)CC[P+](=O)O. The van der Waals surface area contributed by atoms with Gasteiger partial charge in [0.15, 0.2) is 6.16 Å². The molecule has 11 heavy (non-hydrogen) atoms. The lowest BCUT2D eigenvalue weighted by atomic mass is 10.1. The molecule has 0 aromatic heterocycles. The van der Waals surface area contributed by atoms with Crippen LogP contribution in [0.3, 0.4) is 0 Å². The number of rotatable bonds is 4. The summed E-state index contributed by atoms with van der Waals surface area (Å²) in [7, 11) is -2.01. The summed E-state index contributed by atoms with van der Waals surface area (Å²) in [6, 6.07) is 0. The predicted molar refractivity (Wildman–Crippen MR) is 44.5 cm³/mol. The van der Waals surface area contributed by atoms with Crippen molar-refractivity contribution in [3.05, 3.63) is 12.7 Å². The molecule has 1 saturated carbocycles. The van der Waals surface area contributed by atoms with Crippen molar-refractivity contribution in [2.24, 2.45) is 11.7 Å². The van der Waals surface area contributed by atoms with E-state index in [0.717, 1.165) is 6.42 Å². The minimum absolute atomic E-state index is 0.213. The molecule has 1 aliphatic carbocycles. The summed E-state index contributed by atoms with van der Waals surface area (Å²) >= 11 is 0. The van der Waals surface area contributed by atoms with Crippen molar-refractivity contribution in [2.45, 2.75) is 18.4 Å². The summed E-state index contributed by atoms with van der Waals surface area (Å²) < 4.78 is 10.3. The van der Waals surface area contributed by atoms with Crippen LogP contribution in [0, 0.1) is 5.92 Å². The highest BCUT2D eigenvalue weighted by atomic mass is 31.1. The average Bonchev–Trinajstić information content (AvgIpc) is 2.59. The van der Waals surface area contributed by atoms with Crippen molar-refractivity contribution in [1.29, 1.82) is 0 Å². The first-order valence-electron chi connectivity index (χ1n) is 3.63. The van der Waals surface area contributed by atoms with Crippen LogP contribution in [0.1, 0.15) is 12.8 Å². The normalized spacial score (nSPS) is 36.5. The summed E-state index contributed by atoms with van der Waals surface area (Å²) in [5, 5.41) is 0. The lowest BCUT2D eigenvalue weighted by Crippen LogP contribution is -2.25. The molecule has 1 aliphatic rings. The Morgan fingerprint density at radius 2 is 2.55 bits per heavy atom. The molecule has 1 fully saturated rings. The summed E-state index contributed by atoms with van der Waals surface area (Å²) in [4.78, 5) is 8.53. The number of hydrogen-bond donors (Lipinski definition) is 2. The molecule has 62 valence electrons. The van der Waals surface area contributed by atoms with E-state index in [0.29, 0.717) is 18.5 Å². The molecule has 4 heteroatoms. The Morgan fingerprint density at radius 3 is 2.91 bits per heavy atom.